The van der Waals surface area contributed by atoms with Gasteiger partial charge in [-0.05, 0) is 91.1 Å². The minimum absolute atomic E-state index is 0.235. The van der Waals surface area contributed by atoms with Crippen LogP contribution < -0.4 is 5.46 Å². The van der Waals surface area contributed by atoms with E-state index >= 15 is 0 Å². The molecule has 198 valence electrons. The molecule has 3 nitrogen and oxygen atoms in total. The zero-order valence-electron chi connectivity index (χ0n) is 25.5. The van der Waals surface area contributed by atoms with Crippen molar-refractivity contribution in [3.8, 4) is 0 Å². The van der Waals surface area contributed by atoms with E-state index < -0.39 is 6.69 Å². The predicted molar refractivity (Wildman–Crippen MR) is 163 cm³/mol. The largest absolute Gasteiger partial charge is 0.561 e. The Kier molecular flexibility index (Phi) is 6.17. The average molecular weight is 507 g/mol. The summed E-state index contributed by atoms with van der Waals surface area (Å²) in [5, 5.41) is -0.235. The molecule has 0 aromatic heterocycles. The van der Waals surface area contributed by atoms with Crippen LogP contribution in [0.1, 0.15) is 77.8 Å². The van der Waals surface area contributed by atoms with Crippen molar-refractivity contribution in [2.75, 3.05) is 0 Å². The first-order chi connectivity index (χ1) is 17.6. The van der Waals surface area contributed by atoms with Gasteiger partial charge in [-0.1, -0.05) is 78.6 Å². The summed E-state index contributed by atoms with van der Waals surface area (Å²) in [4.78, 5) is 0. The van der Waals surface area contributed by atoms with E-state index in [1.807, 2.05) is 0 Å². The number of para-hydroxylation sites is 1. The zero-order valence-corrected chi connectivity index (χ0v) is 25.5. The summed E-state index contributed by atoms with van der Waals surface area (Å²) in [6.45, 7) is 24.6. The number of hydrogen-bond donors (Lipinski definition) is 0. The van der Waals surface area contributed by atoms with Gasteiger partial charge in [0.15, 0.2) is 5.69 Å². The maximum absolute atomic E-state index is 7.44. The molecule has 0 unspecified atom stereocenters. The van der Waals surface area contributed by atoms with Crippen molar-refractivity contribution in [3.63, 3.8) is 0 Å². The molecular formula is C33H43B2NO2. The third-order valence-electron chi connectivity index (χ3n) is 9.70. The molecule has 1 spiro atoms. The van der Waals surface area contributed by atoms with Gasteiger partial charge in [-0.2, -0.15) is 0 Å². The first-order valence-electron chi connectivity index (χ1n) is 14.0. The summed E-state index contributed by atoms with van der Waals surface area (Å²) in [7, 11) is 0. The molecular weight excluding hydrogens is 464 g/mol. The molecule has 1 atom stereocenters. The minimum Gasteiger partial charge on any atom is -0.561 e. The Balaban J connectivity index is 1.98. The van der Waals surface area contributed by atoms with Crippen LogP contribution in [0, 0.1) is 55.4 Å². The normalized spacial score (nSPS) is 21.8. The highest BCUT2D eigenvalue weighted by Gasteiger charge is 2.76. The average Bonchev–Trinajstić information content (AvgIpc) is 3.08. The maximum Gasteiger partial charge on any atom is 0.540 e. The van der Waals surface area contributed by atoms with Crippen molar-refractivity contribution in [1.29, 1.82) is 0 Å². The Morgan fingerprint density at radius 2 is 1.16 bits per heavy atom. The highest BCUT2D eigenvalue weighted by atomic mass is 16.6. The Labute approximate surface area is 230 Å². The number of benzene rings is 3. The van der Waals surface area contributed by atoms with E-state index in [1.54, 1.807) is 0 Å². The first-order valence-corrected chi connectivity index (χ1v) is 14.0. The quantitative estimate of drug-likeness (QED) is 0.348. The third-order valence-corrected chi connectivity index (χ3v) is 9.70. The molecule has 0 amide bonds. The lowest BCUT2D eigenvalue weighted by atomic mass is 9.35. The van der Waals surface area contributed by atoms with Crippen LogP contribution in [-0.2, 0) is 9.23 Å². The van der Waals surface area contributed by atoms with E-state index in [0.29, 0.717) is 0 Å². The van der Waals surface area contributed by atoms with Gasteiger partial charge in [0.05, 0.1) is 0 Å². The second-order valence-corrected chi connectivity index (χ2v) is 13.1. The second-order valence-electron chi connectivity index (χ2n) is 13.1. The Morgan fingerprint density at radius 1 is 0.684 bits per heavy atom. The molecule has 0 saturated carbocycles. The van der Waals surface area contributed by atoms with Gasteiger partial charge in [-0.15, -0.1) is 0 Å². The van der Waals surface area contributed by atoms with Crippen molar-refractivity contribution >= 4 is 30.4 Å². The summed E-state index contributed by atoms with van der Waals surface area (Å²) in [5.41, 5.74) is 14.7. The summed E-state index contributed by atoms with van der Waals surface area (Å²) in [5.74, 6) is 0. The number of aryl methyl sites for hydroxylation is 8. The van der Waals surface area contributed by atoms with Gasteiger partial charge in [0.25, 0.3) is 0 Å². The second kappa shape index (κ2) is 8.69. The van der Waals surface area contributed by atoms with Crippen molar-refractivity contribution in [2.24, 2.45) is 0 Å². The van der Waals surface area contributed by atoms with Crippen LogP contribution in [0.25, 0.3) is 0 Å². The van der Waals surface area contributed by atoms with E-state index in [1.165, 1.54) is 66.8 Å². The van der Waals surface area contributed by atoms with Crippen LogP contribution in [0.15, 0.2) is 42.5 Å². The van der Waals surface area contributed by atoms with Crippen LogP contribution in [-0.4, -0.2) is 29.3 Å². The Morgan fingerprint density at radius 3 is 1.61 bits per heavy atom. The fourth-order valence-corrected chi connectivity index (χ4v) is 7.39. The maximum atomic E-state index is 7.44. The molecule has 5 rings (SSSR count). The van der Waals surface area contributed by atoms with E-state index in [-0.39, 0.29) is 17.8 Å². The number of hydrogen-bond acceptors (Lipinski definition) is 2. The number of rotatable bonds is 3. The molecule has 0 radical (unpaired) electrons. The minimum atomic E-state index is -1.86. The molecule has 2 aliphatic rings. The van der Waals surface area contributed by atoms with Gasteiger partial charge in [0.1, 0.15) is 5.61 Å². The Hall–Kier alpha value is -2.62. The summed E-state index contributed by atoms with van der Waals surface area (Å²) >= 11 is 0. The molecule has 2 aliphatic heterocycles. The van der Waals surface area contributed by atoms with E-state index in [2.05, 4.69) is 130 Å². The molecule has 3 aromatic rings. The molecule has 1 fully saturated rings. The van der Waals surface area contributed by atoms with Crippen molar-refractivity contribution in [1.82, 2.24) is 0 Å². The van der Waals surface area contributed by atoms with Crippen molar-refractivity contribution in [3.05, 3.63) is 92.5 Å². The smallest absolute Gasteiger partial charge is 0.540 e. The molecule has 1 saturated heterocycles. The van der Waals surface area contributed by atoms with Crippen molar-refractivity contribution < 1.29 is 13.7 Å². The summed E-state index contributed by atoms with van der Waals surface area (Å²) < 4.78 is 17.0. The molecule has 38 heavy (non-hydrogen) atoms. The predicted octanol–water partition coefficient (Wildman–Crippen LogP) is 7.28. The SMILES string of the molecule is Cc1cc(C)c(B2O[B@@-]3(OC(C)(C)C3(C)C)[N+](c3c(C)cccc3C)=C2c2c(C)cc(C)cc2C)c(C)c1. The van der Waals surface area contributed by atoms with Crippen LogP contribution in [0.4, 0.5) is 5.69 Å². The van der Waals surface area contributed by atoms with Gasteiger partial charge in [0, 0.05) is 22.3 Å². The lowest BCUT2D eigenvalue weighted by Crippen LogP contribution is -2.76. The van der Waals surface area contributed by atoms with E-state index in [9.17, 15) is 0 Å². The van der Waals surface area contributed by atoms with Gasteiger partial charge >= 0.3 is 13.6 Å². The van der Waals surface area contributed by atoms with Crippen molar-refractivity contribution in [2.45, 2.75) is 94.0 Å². The first kappa shape index (κ1) is 27.0. The highest BCUT2D eigenvalue weighted by Crippen LogP contribution is 2.63. The monoisotopic (exact) mass is 507 g/mol. The highest BCUT2D eigenvalue weighted by molar-refractivity contribution is 7.05. The molecule has 0 N–H and O–H groups in total. The molecule has 0 bridgehead atoms. The van der Waals surface area contributed by atoms with Crippen LogP contribution in [0.5, 0.6) is 0 Å². The summed E-state index contributed by atoms with van der Waals surface area (Å²) in [6.07, 6.45) is 0. The standard InChI is InChI=1S/C33H43B2NO2/c1-20-16-24(5)28(25(6)17-20)31-34(29-26(7)18-21(2)19-27(29)8)38-35(32(9,10)33(11,12)37-35)36(31)30-22(3)14-13-15-23(30)4/h13-19H,1-12H3/t35-/m1/s1. The molecule has 2 heterocycles. The van der Waals surface area contributed by atoms with Crippen LogP contribution in [0.2, 0.25) is 5.31 Å². The van der Waals surface area contributed by atoms with Crippen LogP contribution >= 0.6 is 0 Å². The fourth-order valence-electron chi connectivity index (χ4n) is 7.39. The lowest BCUT2D eigenvalue weighted by molar-refractivity contribution is -0.377. The fraction of sp³-hybridized carbons (Fsp3) is 0.424. The topological polar surface area (TPSA) is 21.5 Å². The molecule has 5 heteroatoms. The van der Waals surface area contributed by atoms with Crippen LogP contribution in [0.3, 0.4) is 0 Å². The Bertz CT molecular complexity index is 1450. The molecule has 3 aromatic carbocycles. The van der Waals surface area contributed by atoms with Gasteiger partial charge in [0.2, 0.25) is 0 Å². The number of nitrogens with zero attached hydrogens (tertiary/aromatic N) is 1. The molecule has 0 aliphatic carbocycles. The van der Waals surface area contributed by atoms with Gasteiger partial charge < -0.3 is 13.7 Å². The summed E-state index contributed by atoms with van der Waals surface area (Å²) in [6, 6.07) is 15.8. The van der Waals surface area contributed by atoms with E-state index in [0.717, 1.165) is 0 Å². The van der Waals surface area contributed by atoms with Gasteiger partial charge in [-0.3, -0.25) is 0 Å². The zero-order chi connectivity index (χ0) is 27.9. The van der Waals surface area contributed by atoms with Gasteiger partial charge in [-0.25, -0.2) is 0 Å². The van der Waals surface area contributed by atoms with E-state index in [4.69, 9.17) is 9.23 Å². The lowest BCUT2D eigenvalue weighted by Gasteiger charge is -2.67. The third kappa shape index (κ3) is 3.62.